The summed E-state index contributed by atoms with van der Waals surface area (Å²) in [5.74, 6) is -0.371. The normalized spacial score (nSPS) is 9.50. The van der Waals surface area contributed by atoms with Gasteiger partial charge in [0, 0.05) is 0 Å². The summed E-state index contributed by atoms with van der Waals surface area (Å²) in [6.07, 6.45) is 0.502. The molecule has 4 heteroatoms. The summed E-state index contributed by atoms with van der Waals surface area (Å²) >= 11 is 0. The molecule has 0 radical (unpaired) electrons. The molecule has 74 valence electrons. The Bertz CT molecular complexity index is 311. The number of amides is 2. The van der Waals surface area contributed by atoms with Crippen LogP contribution in [0.1, 0.15) is 5.56 Å². The molecule has 0 aromatic heterocycles. The predicted octanol–water partition coefficient (Wildman–Crippen LogP) is 0.130. The first-order valence-electron chi connectivity index (χ1n) is 4.26. The minimum atomic E-state index is -0.371. The average Bonchev–Trinajstić information content (AvgIpc) is 2.26. The monoisotopic (exact) mass is 192 g/mol. The Labute approximate surface area is 82.3 Å². The highest BCUT2D eigenvalue weighted by atomic mass is 16.2. The van der Waals surface area contributed by atoms with E-state index in [-0.39, 0.29) is 19.0 Å². The molecule has 14 heavy (non-hydrogen) atoms. The molecule has 4 nitrogen and oxygen atoms in total. The third-order valence-electron chi connectivity index (χ3n) is 1.82. The highest BCUT2D eigenvalue weighted by Gasteiger charge is 2.10. The van der Waals surface area contributed by atoms with Gasteiger partial charge in [0.25, 0.3) is 0 Å². The van der Waals surface area contributed by atoms with Gasteiger partial charge in [-0.3, -0.25) is 14.5 Å². The largest absolute Gasteiger partial charge is 0.322 e. The number of hydrogen-bond donors (Lipinski definition) is 1. The molecule has 2 amide bonds. The summed E-state index contributed by atoms with van der Waals surface area (Å²) in [6, 6.07) is 9.27. The van der Waals surface area contributed by atoms with Crippen molar-refractivity contribution in [1.29, 1.82) is 0 Å². The lowest BCUT2D eigenvalue weighted by Gasteiger charge is -2.13. The van der Waals surface area contributed by atoms with Crippen LogP contribution in [-0.4, -0.2) is 23.8 Å². The van der Waals surface area contributed by atoms with Crippen LogP contribution >= 0.6 is 0 Å². The maximum absolute atomic E-state index is 11.1. The minimum absolute atomic E-state index is 0.147. The van der Waals surface area contributed by atoms with Crippen molar-refractivity contribution in [2.24, 2.45) is 5.73 Å². The van der Waals surface area contributed by atoms with Gasteiger partial charge in [0.05, 0.1) is 13.1 Å². The van der Waals surface area contributed by atoms with E-state index in [0.29, 0.717) is 6.41 Å². The number of hydrogen-bond acceptors (Lipinski definition) is 3. The lowest BCUT2D eigenvalue weighted by molar-refractivity contribution is -0.137. The third-order valence-corrected chi connectivity index (χ3v) is 1.82. The number of carbonyl (C=O) groups excluding carboxylic acids is 2. The third kappa shape index (κ3) is 2.67. The van der Waals surface area contributed by atoms with Gasteiger partial charge in [-0.2, -0.15) is 0 Å². The Morgan fingerprint density at radius 2 is 2.00 bits per heavy atom. The zero-order valence-corrected chi connectivity index (χ0v) is 7.72. The van der Waals surface area contributed by atoms with Crippen LogP contribution in [0.3, 0.4) is 0 Å². The number of nitrogens with zero attached hydrogens (tertiary/aromatic N) is 1. The Kier molecular flexibility index (Phi) is 3.82. The van der Waals surface area contributed by atoms with E-state index in [4.69, 9.17) is 5.73 Å². The van der Waals surface area contributed by atoms with Crippen molar-refractivity contribution in [3.05, 3.63) is 35.9 Å². The maximum Gasteiger partial charge on any atom is 0.243 e. The van der Waals surface area contributed by atoms with Crippen molar-refractivity contribution < 1.29 is 9.59 Å². The molecular weight excluding hydrogens is 180 g/mol. The van der Waals surface area contributed by atoms with Crippen LogP contribution < -0.4 is 5.73 Å². The molecule has 0 aliphatic carbocycles. The van der Waals surface area contributed by atoms with Crippen molar-refractivity contribution in [2.45, 2.75) is 6.54 Å². The van der Waals surface area contributed by atoms with Crippen molar-refractivity contribution in [2.75, 3.05) is 6.54 Å². The molecule has 0 atom stereocenters. The van der Waals surface area contributed by atoms with E-state index in [1.165, 1.54) is 0 Å². The first kappa shape index (κ1) is 10.4. The van der Waals surface area contributed by atoms with Crippen molar-refractivity contribution in [3.8, 4) is 0 Å². The second-order valence-corrected chi connectivity index (χ2v) is 2.82. The van der Waals surface area contributed by atoms with Crippen LogP contribution in [0.15, 0.2) is 30.3 Å². The van der Waals surface area contributed by atoms with Gasteiger partial charge in [0.2, 0.25) is 12.3 Å². The number of imide groups is 1. The first-order chi connectivity index (χ1) is 6.77. The molecule has 1 aromatic rings. The van der Waals surface area contributed by atoms with E-state index >= 15 is 0 Å². The Morgan fingerprint density at radius 1 is 1.36 bits per heavy atom. The Hall–Kier alpha value is -1.68. The second-order valence-electron chi connectivity index (χ2n) is 2.82. The minimum Gasteiger partial charge on any atom is -0.322 e. The van der Waals surface area contributed by atoms with Gasteiger partial charge < -0.3 is 5.73 Å². The molecule has 1 rings (SSSR count). The number of benzene rings is 1. The van der Waals surface area contributed by atoms with E-state index in [1.54, 1.807) is 0 Å². The maximum atomic E-state index is 11.1. The van der Waals surface area contributed by atoms with Crippen LogP contribution in [0.25, 0.3) is 0 Å². The molecular formula is C10H12N2O2. The van der Waals surface area contributed by atoms with E-state index < -0.39 is 0 Å². The zero-order chi connectivity index (χ0) is 10.4. The summed E-state index contributed by atoms with van der Waals surface area (Å²) in [5.41, 5.74) is 6.06. The van der Waals surface area contributed by atoms with Crippen LogP contribution in [0.4, 0.5) is 0 Å². The van der Waals surface area contributed by atoms with Crippen molar-refractivity contribution in [1.82, 2.24) is 4.90 Å². The number of rotatable bonds is 4. The predicted molar refractivity (Wildman–Crippen MR) is 52.1 cm³/mol. The van der Waals surface area contributed by atoms with Gasteiger partial charge in [-0.15, -0.1) is 0 Å². The second kappa shape index (κ2) is 5.14. The number of nitrogens with two attached hydrogens (primary N) is 1. The topological polar surface area (TPSA) is 63.4 Å². The van der Waals surface area contributed by atoms with Gasteiger partial charge >= 0.3 is 0 Å². The molecule has 2 N–H and O–H groups in total. The van der Waals surface area contributed by atoms with Gasteiger partial charge in [0.15, 0.2) is 0 Å². The van der Waals surface area contributed by atoms with Crippen LogP contribution in [0, 0.1) is 0 Å². The quantitative estimate of drug-likeness (QED) is 0.690. The van der Waals surface area contributed by atoms with Gasteiger partial charge in [0.1, 0.15) is 0 Å². The lowest BCUT2D eigenvalue weighted by Crippen LogP contribution is -2.34. The van der Waals surface area contributed by atoms with Crippen LogP contribution in [0.5, 0.6) is 0 Å². The standard InChI is InChI=1S/C10H12N2O2/c11-6-10(14)12(8-13)7-9-4-2-1-3-5-9/h1-5,8H,6-7,11H2. The smallest absolute Gasteiger partial charge is 0.243 e. The average molecular weight is 192 g/mol. The van der Waals surface area contributed by atoms with Crippen LogP contribution in [-0.2, 0) is 16.1 Å². The van der Waals surface area contributed by atoms with Gasteiger partial charge in [-0.25, -0.2) is 0 Å². The summed E-state index contributed by atoms with van der Waals surface area (Å²) in [7, 11) is 0. The fraction of sp³-hybridized carbons (Fsp3) is 0.200. The van der Waals surface area contributed by atoms with Crippen molar-refractivity contribution >= 4 is 12.3 Å². The van der Waals surface area contributed by atoms with Gasteiger partial charge in [-0.1, -0.05) is 30.3 Å². The first-order valence-corrected chi connectivity index (χ1v) is 4.26. The molecule has 0 fully saturated rings. The Morgan fingerprint density at radius 3 is 2.50 bits per heavy atom. The molecule has 0 saturated carbocycles. The molecule has 0 heterocycles. The lowest BCUT2D eigenvalue weighted by atomic mass is 10.2. The SMILES string of the molecule is NCC(=O)N(C=O)Cc1ccccc1. The van der Waals surface area contributed by atoms with Crippen molar-refractivity contribution in [3.63, 3.8) is 0 Å². The fourth-order valence-corrected chi connectivity index (χ4v) is 1.08. The highest BCUT2D eigenvalue weighted by molar-refractivity contribution is 5.87. The summed E-state index contributed by atoms with van der Waals surface area (Å²) in [4.78, 5) is 22.7. The van der Waals surface area contributed by atoms with E-state index in [2.05, 4.69) is 0 Å². The van der Waals surface area contributed by atoms with E-state index in [1.807, 2.05) is 30.3 Å². The molecule has 0 spiro atoms. The Balaban J connectivity index is 2.66. The molecule has 0 bridgehead atoms. The van der Waals surface area contributed by atoms with Gasteiger partial charge in [-0.05, 0) is 5.56 Å². The number of carbonyl (C=O) groups is 2. The molecule has 0 unspecified atom stereocenters. The summed E-state index contributed by atoms with van der Waals surface area (Å²) < 4.78 is 0. The molecule has 1 aromatic carbocycles. The molecule has 0 aliphatic rings. The van der Waals surface area contributed by atoms with Crippen LogP contribution in [0.2, 0.25) is 0 Å². The zero-order valence-electron chi connectivity index (χ0n) is 7.72. The summed E-state index contributed by atoms with van der Waals surface area (Å²) in [5, 5.41) is 0. The van der Waals surface area contributed by atoms with E-state index in [9.17, 15) is 9.59 Å². The summed E-state index contributed by atoms with van der Waals surface area (Å²) in [6.45, 7) is 0.131. The van der Waals surface area contributed by atoms with E-state index in [0.717, 1.165) is 10.5 Å². The highest BCUT2D eigenvalue weighted by Crippen LogP contribution is 2.02. The molecule has 0 saturated heterocycles. The fourth-order valence-electron chi connectivity index (χ4n) is 1.08. The molecule has 0 aliphatic heterocycles.